The Bertz CT molecular complexity index is 900. The Hall–Kier alpha value is -2.85. The molecule has 0 atom stereocenters. The van der Waals surface area contributed by atoms with E-state index in [9.17, 15) is 9.18 Å². The zero-order valence-corrected chi connectivity index (χ0v) is 12.6. The molecule has 3 rings (SSSR count). The molecule has 0 unspecified atom stereocenters. The Morgan fingerprint density at radius 3 is 2.83 bits per heavy atom. The third-order valence-corrected chi connectivity index (χ3v) is 3.57. The van der Waals surface area contributed by atoms with Gasteiger partial charge in [0.15, 0.2) is 5.58 Å². The largest absolute Gasteiger partial charge is 0.436 e. The highest BCUT2D eigenvalue weighted by molar-refractivity contribution is 8.04. The molecule has 3 aromatic rings. The minimum Gasteiger partial charge on any atom is -0.436 e. The predicted octanol–water partition coefficient (Wildman–Crippen LogP) is 3.79. The van der Waals surface area contributed by atoms with Crippen molar-refractivity contribution in [3.8, 4) is 16.9 Å². The lowest BCUT2D eigenvalue weighted by Gasteiger charge is -2.02. The summed E-state index contributed by atoms with van der Waals surface area (Å²) in [7, 11) is 0. The number of thioether (sulfide) groups is 1. The van der Waals surface area contributed by atoms with Crippen LogP contribution in [0.2, 0.25) is 0 Å². The van der Waals surface area contributed by atoms with Crippen LogP contribution < -0.4 is 5.32 Å². The van der Waals surface area contributed by atoms with Crippen LogP contribution in [0, 0.1) is 16.5 Å². The molecule has 0 saturated heterocycles. The van der Waals surface area contributed by atoms with Gasteiger partial charge in [-0.15, -0.1) is 0 Å². The van der Waals surface area contributed by atoms with E-state index in [1.54, 1.807) is 30.3 Å². The number of anilines is 1. The van der Waals surface area contributed by atoms with Crippen LogP contribution in [0.3, 0.4) is 0 Å². The Morgan fingerprint density at radius 1 is 1.30 bits per heavy atom. The fourth-order valence-corrected chi connectivity index (χ4v) is 2.28. The number of nitriles is 1. The molecule has 23 heavy (non-hydrogen) atoms. The molecule has 1 heterocycles. The number of halogens is 1. The lowest BCUT2D eigenvalue weighted by atomic mass is 10.2. The molecule has 1 amide bonds. The van der Waals surface area contributed by atoms with Crippen molar-refractivity contribution in [1.82, 2.24) is 4.98 Å². The molecule has 0 aliphatic heterocycles. The van der Waals surface area contributed by atoms with Gasteiger partial charge in [0.25, 0.3) is 0 Å². The quantitative estimate of drug-likeness (QED) is 0.738. The van der Waals surface area contributed by atoms with Gasteiger partial charge in [0.2, 0.25) is 11.8 Å². The van der Waals surface area contributed by atoms with Crippen molar-refractivity contribution < 1.29 is 13.6 Å². The average Bonchev–Trinajstić information content (AvgIpc) is 2.96. The second-order valence-electron chi connectivity index (χ2n) is 4.64. The number of carbonyl (C=O) groups is 1. The monoisotopic (exact) mass is 327 g/mol. The number of nitrogens with zero attached hydrogens (tertiary/aromatic N) is 2. The summed E-state index contributed by atoms with van der Waals surface area (Å²) in [6, 6.07) is 10.9. The Labute approximate surface area is 135 Å². The maximum atomic E-state index is 13.0. The molecule has 7 heteroatoms. The molecule has 0 spiro atoms. The van der Waals surface area contributed by atoms with E-state index >= 15 is 0 Å². The number of nitrogens with one attached hydrogen (secondary N) is 1. The second-order valence-corrected chi connectivity index (χ2v) is 5.40. The average molecular weight is 327 g/mol. The molecular formula is C16H10FN3O2S. The van der Waals surface area contributed by atoms with Gasteiger partial charge in [-0.25, -0.2) is 9.37 Å². The minimum atomic E-state index is -0.329. The zero-order chi connectivity index (χ0) is 16.2. The Morgan fingerprint density at radius 2 is 2.09 bits per heavy atom. The van der Waals surface area contributed by atoms with E-state index in [0.717, 1.165) is 11.8 Å². The molecule has 1 N–H and O–H groups in total. The number of fused-ring (bicyclic) bond motifs is 1. The summed E-state index contributed by atoms with van der Waals surface area (Å²) in [6.45, 7) is 0. The highest BCUT2D eigenvalue weighted by Crippen LogP contribution is 2.26. The second kappa shape index (κ2) is 6.50. The number of aromatic nitrogens is 1. The van der Waals surface area contributed by atoms with Gasteiger partial charge in [-0.2, -0.15) is 5.26 Å². The number of thiocyanates is 1. The topological polar surface area (TPSA) is 78.9 Å². The van der Waals surface area contributed by atoms with Crippen LogP contribution in [0.4, 0.5) is 10.1 Å². The van der Waals surface area contributed by atoms with E-state index in [4.69, 9.17) is 9.68 Å². The summed E-state index contributed by atoms with van der Waals surface area (Å²) in [6.07, 6.45) is 0. The number of hydrogen-bond donors (Lipinski definition) is 1. The van der Waals surface area contributed by atoms with Crippen molar-refractivity contribution in [1.29, 1.82) is 5.26 Å². The van der Waals surface area contributed by atoms with E-state index in [-0.39, 0.29) is 17.5 Å². The van der Waals surface area contributed by atoms with E-state index < -0.39 is 0 Å². The van der Waals surface area contributed by atoms with Gasteiger partial charge in [-0.1, -0.05) is 0 Å². The first-order chi connectivity index (χ1) is 11.2. The van der Waals surface area contributed by atoms with Crippen LogP contribution in [-0.2, 0) is 4.79 Å². The molecular weight excluding hydrogens is 317 g/mol. The van der Waals surface area contributed by atoms with Gasteiger partial charge in [-0.3, -0.25) is 4.79 Å². The highest BCUT2D eigenvalue weighted by atomic mass is 32.2. The summed E-state index contributed by atoms with van der Waals surface area (Å²) in [5, 5.41) is 13.0. The van der Waals surface area contributed by atoms with Gasteiger partial charge in [-0.05, 0) is 54.2 Å². The molecule has 1 aromatic heterocycles. The van der Waals surface area contributed by atoms with Gasteiger partial charge < -0.3 is 9.73 Å². The maximum absolute atomic E-state index is 13.0. The standard InChI is InChI=1S/C16H10FN3O2S/c17-11-3-1-10(2-4-11)16-20-13-7-12(5-6-14(13)22-16)19-15(21)8-23-9-18/h1-7H,8H2,(H,19,21). The van der Waals surface area contributed by atoms with Crippen molar-refractivity contribution in [3.05, 3.63) is 48.3 Å². The first kappa shape index (κ1) is 15.1. The number of amides is 1. The summed E-state index contributed by atoms with van der Waals surface area (Å²) >= 11 is 0.870. The van der Waals surface area contributed by atoms with E-state index in [0.29, 0.717) is 28.2 Å². The summed E-state index contributed by atoms with van der Waals surface area (Å²) in [4.78, 5) is 15.9. The van der Waals surface area contributed by atoms with Gasteiger partial charge in [0.1, 0.15) is 16.7 Å². The summed E-state index contributed by atoms with van der Waals surface area (Å²) in [5.41, 5.74) is 2.38. The number of hydrogen-bond acceptors (Lipinski definition) is 5. The van der Waals surface area contributed by atoms with E-state index in [1.165, 1.54) is 12.1 Å². The SMILES string of the molecule is N#CSCC(=O)Nc1ccc2oc(-c3ccc(F)cc3)nc2c1. The maximum Gasteiger partial charge on any atom is 0.235 e. The molecule has 2 aromatic carbocycles. The number of benzene rings is 2. The molecule has 0 fully saturated rings. The molecule has 0 aliphatic rings. The number of carbonyl (C=O) groups excluding carboxylic acids is 1. The smallest absolute Gasteiger partial charge is 0.235 e. The molecule has 0 aliphatic carbocycles. The van der Waals surface area contributed by atoms with Crippen LogP contribution in [0.5, 0.6) is 0 Å². The van der Waals surface area contributed by atoms with Gasteiger partial charge >= 0.3 is 0 Å². The van der Waals surface area contributed by atoms with Crippen LogP contribution in [0.25, 0.3) is 22.6 Å². The molecule has 114 valence electrons. The van der Waals surface area contributed by atoms with Crippen molar-refractivity contribution >= 4 is 34.5 Å². The van der Waals surface area contributed by atoms with Gasteiger partial charge in [0, 0.05) is 11.3 Å². The van der Waals surface area contributed by atoms with Gasteiger partial charge in [0.05, 0.1) is 5.75 Å². The fourth-order valence-electron chi connectivity index (χ4n) is 2.02. The molecule has 5 nitrogen and oxygen atoms in total. The van der Waals surface area contributed by atoms with E-state index in [2.05, 4.69) is 10.3 Å². The normalized spacial score (nSPS) is 10.4. The first-order valence-electron chi connectivity index (χ1n) is 6.63. The fraction of sp³-hybridized carbons (Fsp3) is 0.0625. The Kier molecular flexibility index (Phi) is 4.26. The van der Waals surface area contributed by atoms with Crippen molar-refractivity contribution in [3.63, 3.8) is 0 Å². The van der Waals surface area contributed by atoms with E-state index in [1.807, 2.05) is 5.40 Å². The lowest BCUT2D eigenvalue weighted by Crippen LogP contribution is -2.13. The number of rotatable bonds is 4. The molecule has 0 bridgehead atoms. The molecule has 0 saturated carbocycles. The third kappa shape index (κ3) is 3.49. The summed E-state index contributed by atoms with van der Waals surface area (Å²) in [5.74, 6) is -0.152. The third-order valence-electron chi connectivity index (χ3n) is 3.03. The summed E-state index contributed by atoms with van der Waals surface area (Å²) < 4.78 is 18.6. The predicted molar refractivity (Wildman–Crippen MR) is 86.1 cm³/mol. The van der Waals surface area contributed by atoms with Crippen LogP contribution >= 0.6 is 11.8 Å². The van der Waals surface area contributed by atoms with Crippen LogP contribution in [0.1, 0.15) is 0 Å². The van der Waals surface area contributed by atoms with Crippen molar-refractivity contribution in [2.45, 2.75) is 0 Å². The van der Waals surface area contributed by atoms with Crippen molar-refractivity contribution in [2.75, 3.05) is 11.1 Å². The van der Waals surface area contributed by atoms with Crippen LogP contribution in [-0.4, -0.2) is 16.6 Å². The van der Waals surface area contributed by atoms with Crippen molar-refractivity contribution in [2.24, 2.45) is 0 Å². The zero-order valence-electron chi connectivity index (χ0n) is 11.7. The molecule has 0 radical (unpaired) electrons. The first-order valence-corrected chi connectivity index (χ1v) is 7.61. The minimum absolute atomic E-state index is 0.0637. The van der Waals surface area contributed by atoms with Crippen LogP contribution in [0.15, 0.2) is 46.9 Å². The number of oxazole rings is 1. The highest BCUT2D eigenvalue weighted by Gasteiger charge is 2.10. The Balaban J connectivity index is 1.85. The lowest BCUT2D eigenvalue weighted by molar-refractivity contribution is -0.113.